The fraction of sp³-hybridized carbons (Fsp3) is 0.700. The van der Waals surface area contributed by atoms with Crippen LogP contribution in [0.2, 0.25) is 0 Å². The molecule has 2 saturated carbocycles. The van der Waals surface area contributed by atoms with Crippen molar-refractivity contribution in [3.63, 3.8) is 0 Å². The SMILES string of the molecule is Cc1cnc(C2[C@H]3CCC[C@@H]23)o1. The molecule has 0 amide bonds. The van der Waals surface area contributed by atoms with Crippen molar-refractivity contribution in [2.75, 3.05) is 0 Å². The van der Waals surface area contributed by atoms with Crippen LogP contribution in [0.5, 0.6) is 0 Å². The fourth-order valence-corrected chi connectivity index (χ4v) is 2.71. The summed E-state index contributed by atoms with van der Waals surface area (Å²) in [6.45, 7) is 1.97. The van der Waals surface area contributed by atoms with Crippen LogP contribution >= 0.6 is 0 Å². The van der Waals surface area contributed by atoms with Crippen LogP contribution in [0.4, 0.5) is 0 Å². The maximum absolute atomic E-state index is 5.53. The first-order chi connectivity index (χ1) is 5.86. The van der Waals surface area contributed by atoms with Gasteiger partial charge in [-0.2, -0.15) is 0 Å². The molecule has 3 rings (SSSR count). The molecule has 0 N–H and O–H groups in total. The highest BCUT2D eigenvalue weighted by atomic mass is 16.4. The summed E-state index contributed by atoms with van der Waals surface area (Å²) < 4.78 is 5.53. The first kappa shape index (κ1) is 6.70. The number of rotatable bonds is 1. The lowest BCUT2D eigenvalue weighted by molar-refractivity contribution is 0.450. The smallest absolute Gasteiger partial charge is 0.198 e. The van der Waals surface area contributed by atoms with Gasteiger partial charge in [0.2, 0.25) is 0 Å². The summed E-state index contributed by atoms with van der Waals surface area (Å²) in [6, 6.07) is 0. The van der Waals surface area contributed by atoms with E-state index in [4.69, 9.17) is 4.42 Å². The molecule has 0 aromatic carbocycles. The Hall–Kier alpha value is -0.790. The van der Waals surface area contributed by atoms with Crippen molar-refractivity contribution in [2.45, 2.75) is 32.1 Å². The van der Waals surface area contributed by atoms with Gasteiger partial charge in [-0.25, -0.2) is 4.98 Å². The highest BCUT2D eigenvalue weighted by Gasteiger charge is 2.55. The van der Waals surface area contributed by atoms with E-state index in [-0.39, 0.29) is 0 Å². The van der Waals surface area contributed by atoms with Gasteiger partial charge in [-0.15, -0.1) is 0 Å². The van der Waals surface area contributed by atoms with Gasteiger partial charge >= 0.3 is 0 Å². The van der Waals surface area contributed by atoms with Crippen LogP contribution in [-0.4, -0.2) is 4.98 Å². The van der Waals surface area contributed by atoms with E-state index in [2.05, 4.69) is 4.98 Å². The molecule has 0 aliphatic heterocycles. The molecular weight excluding hydrogens is 150 g/mol. The molecule has 12 heavy (non-hydrogen) atoms. The number of hydrogen-bond donors (Lipinski definition) is 0. The van der Waals surface area contributed by atoms with Crippen LogP contribution < -0.4 is 0 Å². The standard InChI is InChI=1S/C10H13NO/c1-6-5-11-10(12-6)9-7-3-2-4-8(7)9/h5,7-9H,2-4H2,1H3/t7-,8+,9?. The number of nitrogens with zero attached hydrogens (tertiary/aromatic N) is 1. The fourth-order valence-electron chi connectivity index (χ4n) is 2.71. The second-order valence-corrected chi connectivity index (χ2v) is 4.09. The van der Waals surface area contributed by atoms with E-state index in [1.807, 2.05) is 13.1 Å². The van der Waals surface area contributed by atoms with Crippen molar-refractivity contribution in [3.05, 3.63) is 17.8 Å². The molecule has 2 fully saturated rings. The number of aryl methyl sites for hydroxylation is 1. The summed E-state index contributed by atoms with van der Waals surface area (Å²) >= 11 is 0. The topological polar surface area (TPSA) is 26.0 Å². The molecule has 64 valence electrons. The third-order valence-corrected chi connectivity index (χ3v) is 3.33. The summed E-state index contributed by atoms with van der Waals surface area (Å²) in [5.74, 6) is 4.48. The Bertz CT molecular complexity index is 295. The summed E-state index contributed by atoms with van der Waals surface area (Å²) in [7, 11) is 0. The third kappa shape index (κ3) is 0.780. The normalized spacial score (nSPS) is 38.2. The monoisotopic (exact) mass is 163 g/mol. The number of oxazole rings is 1. The molecule has 2 heteroatoms. The molecule has 2 aliphatic rings. The van der Waals surface area contributed by atoms with Gasteiger partial charge in [0.05, 0.1) is 6.20 Å². The third-order valence-electron chi connectivity index (χ3n) is 3.33. The zero-order valence-electron chi connectivity index (χ0n) is 7.29. The van der Waals surface area contributed by atoms with E-state index >= 15 is 0 Å². The van der Waals surface area contributed by atoms with Crippen LogP contribution in [0.1, 0.15) is 36.8 Å². The van der Waals surface area contributed by atoms with E-state index < -0.39 is 0 Å². The van der Waals surface area contributed by atoms with Gasteiger partial charge in [-0.1, -0.05) is 6.42 Å². The Morgan fingerprint density at radius 3 is 2.75 bits per heavy atom. The molecule has 1 unspecified atom stereocenters. The predicted molar refractivity (Wildman–Crippen MR) is 44.8 cm³/mol. The van der Waals surface area contributed by atoms with Gasteiger partial charge < -0.3 is 4.42 Å². The van der Waals surface area contributed by atoms with Crippen molar-refractivity contribution < 1.29 is 4.42 Å². The van der Waals surface area contributed by atoms with Crippen LogP contribution in [0.3, 0.4) is 0 Å². The van der Waals surface area contributed by atoms with Crippen molar-refractivity contribution in [2.24, 2.45) is 11.8 Å². The highest BCUT2D eigenvalue weighted by Crippen LogP contribution is 2.62. The largest absolute Gasteiger partial charge is 0.446 e. The molecular formula is C10H13NO. The number of hydrogen-bond acceptors (Lipinski definition) is 2. The highest BCUT2D eigenvalue weighted by molar-refractivity contribution is 5.16. The van der Waals surface area contributed by atoms with E-state index in [0.29, 0.717) is 5.92 Å². The molecule has 1 aromatic rings. The minimum atomic E-state index is 0.687. The van der Waals surface area contributed by atoms with E-state index in [1.54, 1.807) is 0 Å². The van der Waals surface area contributed by atoms with E-state index in [0.717, 1.165) is 23.5 Å². The molecule has 1 heterocycles. The summed E-state index contributed by atoms with van der Waals surface area (Å²) in [5.41, 5.74) is 0. The quantitative estimate of drug-likeness (QED) is 0.635. The van der Waals surface area contributed by atoms with Gasteiger partial charge in [0.25, 0.3) is 0 Å². The van der Waals surface area contributed by atoms with Crippen LogP contribution in [-0.2, 0) is 0 Å². The first-order valence-electron chi connectivity index (χ1n) is 4.78. The van der Waals surface area contributed by atoms with Gasteiger partial charge in [0.15, 0.2) is 5.89 Å². The van der Waals surface area contributed by atoms with Crippen molar-refractivity contribution >= 4 is 0 Å². The molecule has 0 bridgehead atoms. The van der Waals surface area contributed by atoms with Crippen molar-refractivity contribution in [1.82, 2.24) is 4.98 Å². The van der Waals surface area contributed by atoms with Crippen LogP contribution in [0.15, 0.2) is 10.6 Å². The van der Waals surface area contributed by atoms with Gasteiger partial charge in [-0.3, -0.25) is 0 Å². The summed E-state index contributed by atoms with van der Waals surface area (Å²) in [6.07, 6.45) is 6.06. The average Bonchev–Trinajstić information content (AvgIpc) is 2.55. The Kier molecular flexibility index (Phi) is 1.18. The first-order valence-corrected chi connectivity index (χ1v) is 4.78. The maximum atomic E-state index is 5.53. The molecule has 0 spiro atoms. The predicted octanol–water partition coefficient (Wildman–Crippen LogP) is 2.50. The lowest BCUT2D eigenvalue weighted by atomic mass is 10.1. The van der Waals surface area contributed by atoms with Crippen molar-refractivity contribution in [3.8, 4) is 0 Å². The Labute approximate surface area is 72.0 Å². The lowest BCUT2D eigenvalue weighted by Gasteiger charge is -1.96. The Morgan fingerprint density at radius 1 is 1.42 bits per heavy atom. The Morgan fingerprint density at radius 2 is 2.17 bits per heavy atom. The minimum absolute atomic E-state index is 0.687. The minimum Gasteiger partial charge on any atom is -0.446 e. The molecule has 1 aromatic heterocycles. The van der Waals surface area contributed by atoms with Crippen molar-refractivity contribution in [1.29, 1.82) is 0 Å². The maximum Gasteiger partial charge on any atom is 0.198 e. The number of fused-ring (bicyclic) bond motifs is 1. The lowest BCUT2D eigenvalue weighted by Crippen LogP contribution is -1.86. The summed E-state index contributed by atoms with van der Waals surface area (Å²) in [4.78, 5) is 4.29. The molecule has 3 atom stereocenters. The van der Waals surface area contributed by atoms with Gasteiger partial charge in [0, 0.05) is 5.92 Å². The van der Waals surface area contributed by atoms with Gasteiger partial charge in [-0.05, 0) is 31.6 Å². The zero-order chi connectivity index (χ0) is 8.13. The van der Waals surface area contributed by atoms with Crippen LogP contribution in [0.25, 0.3) is 0 Å². The Balaban J connectivity index is 1.84. The van der Waals surface area contributed by atoms with Crippen LogP contribution in [0, 0.1) is 18.8 Å². The molecule has 2 nitrogen and oxygen atoms in total. The molecule has 0 radical (unpaired) electrons. The second kappa shape index (κ2) is 2.12. The van der Waals surface area contributed by atoms with Gasteiger partial charge in [0.1, 0.15) is 5.76 Å². The zero-order valence-corrected chi connectivity index (χ0v) is 7.29. The molecule has 0 saturated heterocycles. The second-order valence-electron chi connectivity index (χ2n) is 4.09. The number of aromatic nitrogens is 1. The molecule has 2 aliphatic carbocycles. The van der Waals surface area contributed by atoms with E-state index in [1.165, 1.54) is 19.3 Å². The average molecular weight is 163 g/mol. The van der Waals surface area contributed by atoms with E-state index in [9.17, 15) is 0 Å². The summed E-state index contributed by atoms with van der Waals surface area (Å²) in [5, 5.41) is 0.